The molecule has 2 aliphatic rings. The van der Waals surface area contributed by atoms with Gasteiger partial charge in [-0.3, -0.25) is 4.90 Å². The van der Waals surface area contributed by atoms with Gasteiger partial charge in [0.05, 0.1) is 11.4 Å². The second-order valence-corrected chi connectivity index (χ2v) is 10.5. The zero-order valence-electron chi connectivity index (χ0n) is 20.5. The molecule has 0 atom stereocenters. The predicted molar refractivity (Wildman–Crippen MR) is 136 cm³/mol. The van der Waals surface area contributed by atoms with E-state index in [1.807, 2.05) is 4.68 Å². The van der Waals surface area contributed by atoms with E-state index in [2.05, 4.69) is 90.4 Å². The van der Waals surface area contributed by atoms with Crippen molar-refractivity contribution in [3.05, 3.63) is 82.7 Å². The number of hydrogen-bond acceptors (Lipinski definition) is 3. The molecule has 3 aromatic rings. The molecule has 1 saturated carbocycles. The van der Waals surface area contributed by atoms with Crippen molar-refractivity contribution < 1.29 is 0 Å². The fourth-order valence-corrected chi connectivity index (χ4v) is 5.74. The van der Waals surface area contributed by atoms with Crippen LogP contribution in [0.15, 0.2) is 54.6 Å². The van der Waals surface area contributed by atoms with Gasteiger partial charge in [-0.1, -0.05) is 36.4 Å². The monoisotopic (exact) mass is 442 g/mol. The van der Waals surface area contributed by atoms with E-state index < -0.39 is 0 Å². The summed E-state index contributed by atoms with van der Waals surface area (Å²) in [6, 6.07) is 20.5. The van der Waals surface area contributed by atoms with Gasteiger partial charge in [0.2, 0.25) is 0 Å². The van der Waals surface area contributed by atoms with Crippen LogP contribution in [0, 0.1) is 19.8 Å². The Hall–Kier alpha value is -2.43. The van der Waals surface area contributed by atoms with Gasteiger partial charge in [0, 0.05) is 25.3 Å². The van der Waals surface area contributed by atoms with Gasteiger partial charge in [0.1, 0.15) is 0 Å². The van der Waals surface area contributed by atoms with Crippen molar-refractivity contribution >= 4 is 0 Å². The fraction of sp³-hybridized carbons (Fsp3) is 0.483. The Bertz CT molecular complexity index is 1060. The highest BCUT2D eigenvalue weighted by molar-refractivity contribution is 5.37. The average Bonchev–Trinajstić information content (AvgIpc) is 3.40. The summed E-state index contributed by atoms with van der Waals surface area (Å²) >= 11 is 0. The number of rotatable bonds is 8. The van der Waals surface area contributed by atoms with Crippen molar-refractivity contribution in [2.75, 3.05) is 26.7 Å². The molecule has 0 amide bonds. The van der Waals surface area contributed by atoms with Crippen molar-refractivity contribution in [2.45, 2.75) is 58.5 Å². The zero-order chi connectivity index (χ0) is 22.8. The third kappa shape index (κ3) is 5.39. The Balaban J connectivity index is 1.10. The lowest BCUT2D eigenvalue weighted by molar-refractivity contribution is 0.176. The van der Waals surface area contributed by atoms with Crippen molar-refractivity contribution in [1.29, 1.82) is 0 Å². The van der Waals surface area contributed by atoms with Gasteiger partial charge >= 0.3 is 0 Å². The van der Waals surface area contributed by atoms with E-state index in [0.717, 1.165) is 36.3 Å². The lowest BCUT2D eigenvalue weighted by Crippen LogP contribution is -2.33. The van der Waals surface area contributed by atoms with E-state index in [-0.39, 0.29) is 0 Å². The second-order valence-electron chi connectivity index (χ2n) is 10.5. The van der Waals surface area contributed by atoms with E-state index >= 15 is 0 Å². The van der Waals surface area contributed by atoms with Crippen LogP contribution in [0.1, 0.15) is 59.7 Å². The first-order valence-corrected chi connectivity index (χ1v) is 12.7. The first-order valence-electron chi connectivity index (χ1n) is 12.7. The van der Waals surface area contributed by atoms with Crippen LogP contribution < -0.4 is 0 Å². The molecule has 2 heterocycles. The summed E-state index contributed by atoms with van der Waals surface area (Å²) in [4.78, 5) is 5.07. The molecule has 1 aromatic heterocycles. The Morgan fingerprint density at radius 3 is 2.39 bits per heavy atom. The third-order valence-electron chi connectivity index (χ3n) is 7.48. The molecule has 0 radical (unpaired) electrons. The van der Waals surface area contributed by atoms with Crippen LogP contribution in [0.4, 0.5) is 0 Å². The van der Waals surface area contributed by atoms with Gasteiger partial charge in [-0.15, -0.1) is 0 Å². The maximum absolute atomic E-state index is 4.64. The summed E-state index contributed by atoms with van der Waals surface area (Å²) < 4.78 is 2.05. The van der Waals surface area contributed by atoms with Crippen LogP contribution in [0.25, 0.3) is 5.69 Å². The van der Waals surface area contributed by atoms with Crippen LogP contribution in [-0.4, -0.2) is 46.3 Å². The van der Waals surface area contributed by atoms with Gasteiger partial charge in [-0.25, -0.2) is 4.68 Å². The predicted octanol–water partition coefficient (Wildman–Crippen LogP) is 5.71. The van der Waals surface area contributed by atoms with Crippen molar-refractivity contribution in [3.8, 4) is 5.69 Å². The van der Waals surface area contributed by atoms with Crippen LogP contribution in [0.5, 0.6) is 0 Å². The highest BCUT2D eigenvalue weighted by Crippen LogP contribution is 2.42. The Morgan fingerprint density at radius 2 is 1.70 bits per heavy atom. The molecule has 1 aliphatic heterocycles. The zero-order valence-corrected chi connectivity index (χ0v) is 20.5. The van der Waals surface area contributed by atoms with Gasteiger partial charge in [0.25, 0.3) is 0 Å². The molecule has 0 unspecified atom stereocenters. The number of benzene rings is 2. The normalized spacial score (nSPS) is 21.0. The summed E-state index contributed by atoms with van der Waals surface area (Å²) in [6.07, 6.45) is 5.37. The van der Waals surface area contributed by atoms with Crippen LogP contribution in [0.3, 0.4) is 0 Å². The van der Waals surface area contributed by atoms with Gasteiger partial charge in [-0.2, -0.15) is 5.10 Å². The molecular weight excluding hydrogens is 404 g/mol. The minimum Gasteiger partial charge on any atom is -0.302 e. The summed E-state index contributed by atoms with van der Waals surface area (Å²) in [5.41, 5.74) is 7.77. The summed E-state index contributed by atoms with van der Waals surface area (Å²) in [7, 11) is 2.26. The Kier molecular flexibility index (Phi) is 6.66. The molecular formula is C29H38N4. The van der Waals surface area contributed by atoms with Gasteiger partial charge in [-0.05, 0) is 106 Å². The Labute approximate surface area is 199 Å². The molecule has 0 spiro atoms. The molecule has 0 N–H and O–H groups in total. The summed E-state index contributed by atoms with van der Waals surface area (Å²) in [6.45, 7) is 9.99. The van der Waals surface area contributed by atoms with Crippen molar-refractivity contribution in [2.24, 2.45) is 5.92 Å². The molecule has 0 bridgehead atoms. The minimum absolute atomic E-state index is 0.749. The number of likely N-dealkylation sites (tertiary alicyclic amines) is 1. The first-order chi connectivity index (χ1) is 16.0. The van der Waals surface area contributed by atoms with E-state index in [1.165, 1.54) is 67.7 Å². The molecule has 33 heavy (non-hydrogen) atoms. The smallest absolute Gasteiger partial charge is 0.0651 e. The average molecular weight is 443 g/mol. The van der Waals surface area contributed by atoms with E-state index in [4.69, 9.17) is 0 Å². The van der Waals surface area contributed by atoms with Crippen molar-refractivity contribution in [1.82, 2.24) is 19.6 Å². The molecule has 4 nitrogen and oxygen atoms in total. The minimum atomic E-state index is 0.749. The molecule has 4 heteroatoms. The van der Waals surface area contributed by atoms with Crippen LogP contribution in [-0.2, 0) is 13.1 Å². The molecule has 1 aliphatic carbocycles. The molecule has 2 fully saturated rings. The lowest BCUT2D eigenvalue weighted by Gasteiger charge is -2.38. The number of aromatic nitrogens is 2. The second kappa shape index (κ2) is 9.82. The molecule has 2 aromatic carbocycles. The number of nitrogens with zero attached hydrogens (tertiary/aromatic N) is 4. The van der Waals surface area contributed by atoms with Crippen LogP contribution in [0.2, 0.25) is 0 Å². The highest BCUT2D eigenvalue weighted by Gasteiger charge is 2.30. The molecule has 1 saturated heterocycles. The molecule has 5 rings (SSSR count). The largest absolute Gasteiger partial charge is 0.302 e. The SMILES string of the molecule is Cc1cc(C)n(-c2cccc(CN(C)C[C@H]3C[C@H](c4ccc(CN5CCCC5)cc4)C3)c2)n1. The number of aryl methyl sites for hydroxylation is 2. The molecule has 174 valence electrons. The van der Waals surface area contributed by atoms with Gasteiger partial charge < -0.3 is 4.90 Å². The van der Waals surface area contributed by atoms with Gasteiger partial charge in [0.15, 0.2) is 0 Å². The Morgan fingerprint density at radius 1 is 0.939 bits per heavy atom. The maximum atomic E-state index is 4.64. The quantitative estimate of drug-likeness (QED) is 0.446. The number of hydrogen-bond donors (Lipinski definition) is 0. The van der Waals surface area contributed by atoms with E-state index in [0.29, 0.717) is 0 Å². The third-order valence-corrected chi connectivity index (χ3v) is 7.48. The lowest BCUT2D eigenvalue weighted by atomic mass is 9.71. The highest BCUT2D eigenvalue weighted by atomic mass is 15.3. The van der Waals surface area contributed by atoms with Crippen molar-refractivity contribution in [3.63, 3.8) is 0 Å². The fourth-order valence-electron chi connectivity index (χ4n) is 5.74. The topological polar surface area (TPSA) is 24.3 Å². The summed E-state index contributed by atoms with van der Waals surface area (Å²) in [5, 5.41) is 4.64. The van der Waals surface area contributed by atoms with E-state index in [9.17, 15) is 0 Å². The maximum Gasteiger partial charge on any atom is 0.0651 e. The standard InChI is InChI=1S/C29H38N4/c1-22-15-23(2)33(30-22)29-8-6-7-25(18-29)19-31(3)20-26-16-28(17-26)27-11-9-24(10-12-27)21-32-13-4-5-14-32/h6-12,15,18,26,28H,4-5,13-14,16-17,19-21H2,1-3H3/t26-,28-. The first kappa shape index (κ1) is 22.4. The van der Waals surface area contributed by atoms with E-state index in [1.54, 1.807) is 0 Å². The van der Waals surface area contributed by atoms with Crippen LogP contribution >= 0.6 is 0 Å². The summed E-state index contributed by atoms with van der Waals surface area (Å²) in [5.74, 6) is 1.56.